The van der Waals surface area contributed by atoms with Gasteiger partial charge in [0.15, 0.2) is 5.82 Å². The minimum Gasteiger partial charge on any atom is -0.336 e. The van der Waals surface area contributed by atoms with Crippen LogP contribution in [0, 0.1) is 0 Å². The van der Waals surface area contributed by atoms with Crippen LogP contribution < -0.4 is 0 Å². The summed E-state index contributed by atoms with van der Waals surface area (Å²) in [5.41, 5.74) is 13.2. The van der Waals surface area contributed by atoms with Gasteiger partial charge in [0.05, 0.1) is 12.1 Å². The molecule has 0 bridgehead atoms. The predicted molar refractivity (Wildman–Crippen MR) is 246 cm³/mol. The summed E-state index contributed by atoms with van der Waals surface area (Å²) < 4.78 is 4.85. The molecule has 0 saturated carbocycles. The second-order valence-corrected chi connectivity index (χ2v) is 15.6. The third-order valence-corrected chi connectivity index (χ3v) is 11.8. The number of hydrogen-bond acceptors (Lipinski definition) is 3. The van der Waals surface area contributed by atoms with E-state index in [1.54, 1.807) is 0 Å². The maximum Gasteiger partial charge on any atom is 0.152 e. The summed E-state index contributed by atoms with van der Waals surface area (Å²) in [5, 5.41) is 5.00. The van der Waals surface area contributed by atoms with E-state index in [-0.39, 0.29) is 0 Å². The highest BCUT2D eigenvalue weighted by Crippen LogP contribution is 2.37. The van der Waals surface area contributed by atoms with E-state index < -0.39 is 0 Å². The highest BCUT2D eigenvalue weighted by atomic mass is 15.1. The van der Waals surface area contributed by atoms with Gasteiger partial charge in [-0.2, -0.15) is 0 Å². The average molecular weight is 772 g/mol. The zero-order chi connectivity index (χ0) is 39.8. The second kappa shape index (κ2) is 15.3. The molecule has 0 atom stereocenters. The molecule has 0 aliphatic rings. The van der Waals surface area contributed by atoms with Crippen LogP contribution in [-0.4, -0.2) is 24.1 Å². The van der Waals surface area contributed by atoms with Gasteiger partial charge in [0.1, 0.15) is 11.6 Å². The highest BCUT2D eigenvalue weighted by molar-refractivity contribution is 6.12. The molecule has 3 aromatic heterocycles. The van der Waals surface area contributed by atoms with Crippen LogP contribution in [0.2, 0.25) is 0 Å². The molecule has 5 heteroatoms. The van der Waals surface area contributed by atoms with Crippen LogP contribution in [0.15, 0.2) is 200 Å². The molecule has 0 aliphatic carbocycles. The maximum atomic E-state index is 5.27. The summed E-state index contributed by atoms with van der Waals surface area (Å²) in [6.45, 7) is 1.26. The van der Waals surface area contributed by atoms with Crippen LogP contribution in [0.1, 0.15) is 34.2 Å². The van der Waals surface area contributed by atoms with Gasteiger partial charge in [0.25, 0.3) is 0 Å². The Bertz CT molecular complexity index is 3260. The lowest BCUT2D eigenvalue weighted by atomic mass is 9.96. The third kappa shape index (κ3) is 6.60. The van der Waals surface area contributed by atoms with Crippen LogP contribution >= 0.6 is 0 Å². The van der Waals surface area contributed by atoms with Crippen LogP contribution in [0.3, 0.4) is 0 Å². The highest BCUT2D eigenvalue weighted by Gasteiger charge is 2.19. The smallest absolute Gasteiger partial charge is 0.152 e. The summed E-state index contributed by atoms with van der Waals surface area (Å²) in [5.74, 6) is 2.29. The van der Waals surface area contributed by atoms with Crippen molar-refractivity contribution in [2.45, 2.75) is 25.9 Å². The molecule has 11 aromatic rings. The van der Waals surface area contributed by atoms with Crippen LogP contribution in [0.25, 0.3) is 65.9 Å². The summed E-state index contributed by atoms with van der Waals surface area (Å²) in [6.07, 6.45) is 1.20. The first-order valence-corrected chi connectivity index (χ1v) is 20.7. The molecule has 0 unspecified atom stereocenters. The molecule has 8 aromatic carbocycles. The van der Waals surface area contributed by atoms with Crippen molar-refractivity contribution in [3.63, 3.8) is 0 Å². The molecule has 60 heavy (non-hydrogen) atoms. The van der Waals surface area contributed by atoms with Crippen molar-refractivity contribution in [2.75, 3.05) is 0 Å². The van der Waals surface area contributed by atoms with Crippen molar-refractivity contribution in [3.8, 4) is 22.3 Å². The fourth-order valence-electron chi connectivity index (χ4n) is 9.08. The Morgan fingerprint density at radius 3 is 1.45 bits per heavy atom. The lowest BCUT2D eigenvalue weighted by Crippen LogP contribution is -2.12. The quantitative estimate of drug-likeness (QED) is 0.139. The number of nitrogens with zero attached hydrogens (tertiary/aromatic N) is 5. The van der Waals surface area contributed by atoms with E-state index in [0.717, 1.165) is 35.1 Å². The van der Waals surface area contributed by atoms with Gasteiger partial charge in [-0.3, -0.25) is 0 Å². The molecule has 11 rings (SSSR count). The molecule has 0 fully saturated rings. The van der Waals surface area contributed by atoms with E-state index in [9.17, 15) is 0 Å². The van der Waals surface area contributed by atoms with Gasteiger partial charge in [-0.15, -0.1) is 0 Å². The number of aromatic nitrogens is 5. The molecule has 3 heterocycles. The molecule has 286 valence electrons. The minimum atomic E-state index is 0.512. The Morgan fingerprint density at radius 2 is 0.817 bits per heavy atom. The first-order valence-electron chi connectivity index (χ1n) is 20.7. The van der Waals surface area contributed by atoms with E-state index >= 15 is 0 Å². The second-order valence-electron chi connectivity index (χ2n) is 15.6. The molecule has 0 saturated heterocycles. The largest absolute Gasteiger partial charge is 0.336 e. The van der Waals surface area contributed by atoms with E-state index in [2.05, 4.69) is 209 Å². The van der Waals surface area contributed by atoms with Gasteiger partial charge < -0.3 is 9.13 Å². The van der Waals surface area contributed by atoms with Gasteiger partial charge in [-0.05, 0) is 51.6 Å². The van der Waals surface area contributed by atoms with Crippen LogP contribution in [-0.2, 0) is 25.9 Å². The minimum absolute atomic E-state index is 0.512. The fourth-order valence-corrected chi connectivity index (χ4v) is 9.08. The zero-order valence-electron chi connectivity index (χ0n) is 33.1. The van der Waals surface area contributed by atoms with Crippen molar-refractivity contribution >= 4 is 43.6 Å². The van der Waals surface area contributed by atoms with E-state index in [4.69, 9.17) is 15.0 Å². The lowest BCUT2D eigenvalue weighted by molar-refractivity contribution is 0.732. The standard InChI is InChI=1S/C55H41N5/c1-4-17-38(18-5-1)34-52-56-53(58-54(57-52)37-60-51-30-15-12-25-46(51)47-27-16-26-43(55(47)60)40-19-6-2-7-20-40)35-39-31-32-42(48(33-39)41-21-8-3-9-22-41)36-59-49-28-13-10-23-44(49)45-24-11-14-29-50(45)59/h1-33H,34-37H2. The molecular formula is C55H41N5. The summed E-state index contributed by atoms with van der Waals surface area (Å²) in [7, 11) is 0. The van der Waals surface area contributed by atoms with Crippen molar-refractivity contribution in [2.24, 2.45) is 0 Å². The Morgan fingerprint density at radius 1 is 0.333 bits per heavy atom. The zero-order valence-corrected chi connectivity index (χ0v) is 33.1. The SMILES string of the molecule is c1ccc(Cc2nc(Cc3ccc(Cn4c5ccccc5c5ccccc54)c(-c4ccccc4)c3)nc(Cn3c4ccccc4c4cccc(-c5ccccc5)c43)n2)cc1. The van der Waals surface area contributed by atoms with Crippen molar-refractivity contribution < 1.29 is 0 Å². The van der Waals surface area contributed by atoms with E-state index in [1.807, 2.05) is 0 Å². The number of rotatable bonds is 10. The number of benzene rings is 8. The average Bonchev–Trinajstić information content (AvgIpc) is 3.80. The Balaban J connectivity index is 1.01. The molecule has 0 aliphatic heterocycles. The number of para-hydroxylation sites is 4. The van der Waals surface area contributed by atoms with Crippen LogP contribution in [0.5, 0.6) is 0 Å². The molecule has 0 N–H and O–H groups in total. The Hall–Kier alpha value is -7.63. The molecule has 0 amide bonds. The van der Waals surface area contributed by atoms with Gasteiger partial charge in [0, 0.05) is 63.0 Å². The summed E-state index contributed by atoms with van der Waals surface area (Å²) in [6, 6.07) is 71.6. The van der Waals surface area contributed by atoms with Gasteiger partial charge >= 0.3 is 0 Å². The van der Waals surface area contributed by atoms with Gasteiger partial charge in [0.2, 0.25) is 0 Å². The van der Waals surface area contributed by atoms with Crippen LogP contribution in [0.4, 0.5) is 0 Å². The Kier molecular flexibility index (Phi) is 9.04. The monoisotopic (exact) mass is 771 g/mol. The first-order chi connectivity index (χ1) is 29.7. The number of hydrogen-bond donors (Lipinski definition) is 0. The Labute approximate surface area is 348 Å². The maximum absolute atomic E-state index is 5.27. The topological polar surface area (TPSA) is 48.5 Å². The van der Waals surface area contributed by atoms with Crippen molar-refractivity contribution in [1.82, 2.24) is 24.1 Å². The summed E-state index contributed by atoms with van der Waals surface area (Å²) >= 11 is 0. The molecule has 5 nitrogen and oxygen atoms in total. The lowest BCUT2D eigenvalue weighted by Gasteiger charge is -2.15. The predicted octanol–water partition coefficient (Wildman–Crippen LogP) is 12.7. The molecule has 0 radical (unpaired) electrons. The normalized spacial score (nSPS) is 11.6. The number of fused-ring (bicyclic) bond motifs is 6. The first kappa shape index (κ1) is 35.5. The van der Waals surface area contributed by atoms with Gasteiger partial charge in [-0.1, -0.05) is 182 Å². The molecular weight excluding hydrogens is 731 g/mol. The van der Waals surface area contributed by atoms with E-state index in [1.165, 1.54) is 71.5 Å². The van der Waals surface area contributed by atoms with Crippen molar-refractivity contribution in [3.05, 3.63) is 234 Å². The van der Waals surface area contributed by atoms with E-state index in [0.29, 0.717) is 19.4 Å². The fraction of sp³-hybridized carbons (Fsp3) is 0.0727. The van der Waals surface area contributed by atoms with Gasteiger partial charge in [-0.25, -0.2) is 15.0 Å². The third-order valence-electron chi connectivity index (χ3n) is 11.8. The molecule has 0 spiro atoms. The summed E-state index contributed by atoms with van der Waals surface area (Å²) in [4.78, 5) is 15.6. The van der Waals surface area contributed by atoms with Crippen molar-refractivity contribution in [1.29, 1.82) is 0 Å².